The molecule has 1 rings (SSSR count). The van der Waals surface area contributed by atoms with Crippen LogP contribution in [0.15, 0.2) is 0 Å². The number of likely N-dealkylation sites (tertiary alicyclic amines) is 1. The fourth-order valence-electron chi connectivity index (χ4n) is 2.77. The normalized spacial score (nSPS) is 21.7. The molecule has 1 fully saturated rings. The van der Waals surface area contributed by atoms with Crippen LogP contribution in [-0.2, 0) is 19.1 Å². The second kappa shape index (κ2) is 8.31. The minimum absolute atomic E-state index is 0.00538. The maximum atomic E-state index is 12.4. The highest BCUT2D eigenvalue weighted by molar-refractivity contribution is 6.33. The molecule has 6 nitrogen and oxygen atoms in total. The molecule has 0 bridgehead atoms. The van der Waals surface area contributed by atoms with Crippen molar-refractivity contribution in [2.24, 2.45) is 5.92 Å². The SMILES string of the molecule is CCOC(=O)C(=O)CC1CC(CC)CCN1C(=O)OC(C)(C)C. The second-order valence-electron chi connectivity index (χ2n) is 6.97. The Labute approximate surface area is 138 Å². The van der Waals surface area contributed by atoms with Gasteiger partial charge in [-0.3, -0.25) is 4.79 Å². The molecule has 6 heteroatoms. The van der Waals surface area contributed by atoms with Crippen molar-refractivity contribution in [3.8, 4) is 0 Å². The van der Waals surface area contributed by atoms with Crippen molar-refractivity contribution < 1.29 is 23.9 Å². The summed E-state index contributed by atoms with van der Waals surface area (Å²) >= 11 is 0. The smallest absolute Gasteiger partial charge is 0.410 e. The number of ether oxygens (including phenoxy) is 2. The first kappa shape index (κ1) is 19.5. The van der Waals surface area contributed by atoms with Crippen molar-refractivity contribution in [1.29, 1.82) is 0 Å². The molecule has 1 heterocycles. The number of amides is 1. The topological polar surface area (TPSA) is 72.9 Å². The number of esters is 1. The van der Waals surface area contributed by atoms with E-state index in [0.717, 1.165) is 12.8 Å². The number of ketones is 1. The molecule has 0 aromatic rings. The van der Waals surface area contributed by atoms with Crippen molar-refractivity contribution in [1.82, 2.24) is 4.90 Å². The summed E-state index contributed by atoms with van der Waals surface area (Å²) in [4.78, 5) is 37.5. The van der Waals surface area contributed by atoms with Gasteiger partial charge in [-0.2, -0.15) is 0 Å². The maximum absolute atomic E-state index is 12.4. The third-order valence-electron chi connectivity index (χ3n) is 3.95. The Hall–Kier alpha value is -1.59. The first-order valence-corrected chi connectivity index (χ1v) is 8.37. The van der Waals surface area contributed by atoms with Gasteiger partial charge in [-0.25, -0.2) is 9.59 Å². The summed E-state index contributed by atoms with van der Waals surface area (Å²) in [5.74, 6) is -0.953. The molecule has 0 aromatic heterocycles. The number of carbonyl (C=O) groups is 3. The fraction of sp³-hybridized carbons (Fsp3) is 0.824. The predicted molar refractivity (Wildman–Crippen MR) is 86.0 cm³/mol. The number of piperidine rings is 1. The van der Waals surface area contributed by atoms with E-state index in [1.807, 2.05) is 20.8 Å². The molecule has 1 aliphatic rings. The number of carbonyl (C=O) groups excluding carboxylic acids is 3. The molecule has 0 aromatic carbocycles. The highest BCUT2D eigenvalue weighted by Crippen LogP contribution is 2.28. The Morgan fingerprint density at radius 2 is 1.83 bits per heavy atom. The van der Waals surface area contributed by atoms with E-state index in [4.69, 9.17) is 9.47 Å². The van der Waals surface area contributed by atoms with E-state index in [1.54, 1.807) is 11.8 Å². The summed E-state index contributed by atoms with van der Waals surface area (Å²) in [6.45, 7) is 9.90. The van der Waals surface area contributed by atoms with Crippen LogP contribution in [0, 0.1) is 5.92 Å². The Morgan fingerprint density at radius 1 is 1.17 bits per heavy atom. The van der Waals surface area contributed by atoms with Crippen molar-refractivity contribution in [3.63, 3.8) is 0 Å². The van der Waals surface area contributed by atoms with Gasteiger partial charge in [0.1, 0.15) is 5.60 Å². The Kier molecular flexibility index (Phi) is 7.03. The molecule has 0 N–H and O–H groups in total. The lowest BCUT2D eigenvalue weighted by molar-refractivity contribution is -0.154. The molecule has 132 valence electrons. The van der Waals surface area contributed by atoms with E-state index < -0.39 is 23.4 Å². The van der Waals surface area contributed by atoms with Crippen LogP contribution in [0.1, 0.15) is 60.3 Å². The van der Waals surface area contributed by atoms with Crippen LogP contribution in [-0.4, -0.2) is 47.5 Å². The standard InChI is InChI=1S/C17H29NO5/c1-6-12-8-9-18(16(21)23-17(3,4)5)13(10-12)11-14(19)15(20)22-7-2/h12-13H,6-11H2,1-5H3. The summed E-state index contributed by atoms with van der Waals surface area (Å²) in [6.07, 6.45) is 2.16. The average Bonchev–Trinajstić information content (AvgIpc) is 2.45. The van der Waals surface area contributed by atoms with Crippen LogP contribution in [0.5, 0.6) is 0 Å². The van der Waals surface area contributed by atoms with E-state index in [1.165, 1.54) is 0 Å². The number of rotatable bonds is 5. The molecular formula is C17H29NO5. The van der Waals surface area contributed by atoms with Gasteiger partial charge in [0.2, 0.25) is 5.78 Å². The van der Waals surface area contributed by atoms with Crippen LogP contribution in [0.25, 0.3) is 0 Å². The van der Waals surface area contributed by atoms with Crippen molar-refractivity contribution in [2.45, 2.75) is 71.9 Å². The molecule has 0 saturated carbocycles. The Morgan fingerprint density at radius 3 is 2.35 bits per heavy atom. The van der Waals surface area contributed by atoms with Crippen molar-refractivity contribution >= 4 is 17.8 Å². The molecule has 1 saturated heterocycles. The minimum atomic E-state index is -0.824. The number of Topliss-reactive ketones (excluding diaryl/α,β-unsaturated/α-hetero) is 1. The van der Waals surface area contributed by atoms with E-state index in [-0.39, 0.29) is 19.1 Å². The highest BCUT2D eigenvalue weighted by Gasteiger charge is 2.36. The molecule has 1 amide bonds. The maximum Gasteiger partial charge on any atom is 0.410 e. The number of hydrogen-bond donors (Lipinski definition) is 0. The highest BCUT2D eigenvalue weighted by atomic mass is 16.6. The predicted octanol–water partition coefficient (Wildman–Crippen LogP) is 2.93. The lowest BCUT2D eigenvalue weighted by atomic mass is 9.87. The molecular weight excluding hydrogens is 298 g/mol. The van der Waals surface area contributed by atoms with Gasteiger partial charge in [0.05, 0.1) is 6.61 Å². The van der Waals surface area contributed by atoms with E-state index in [0.29, 0.717) is 18.9 Å². The Balaban J connectivity index is 2.79. The van der Waals surface area contributed by atoms with Crippen LogP contribution < -0.4 is 0 Å². The molecule has 2 unspecified atom stereocenters. The molecule has 23 heavy (non-hydrogen) atoms. The van der Waals surface area contributed by atoms with Gasteiger partial charge in [-0.1, -0.05) is 13.3 Å². The van der Waals surface area contributed by atoms with Gasteiger partial charge in [-0.05, 0) is 46.5 Å². The third kappa shape index (κ3) is 6.20. The van der Waals surface area contributed by atoms with Crippen LogP contribution in [0.3, 0.4) is 0 Å². The zero-order valence-electron chi connectivity index (χ0n) is 14.9. The van der Waals surface area contributed by atoms with Gasteiger partial charge >= 0.3 is 12.1 Å². The molecule has 0 radical (unpaired) electrons. The second-order valence-corrected chi connectivity index (χ2v) is 6.97. The first-order valence-electron chi connectivity index (χ1n) is 8.37. The Bertz CT molecular complexity index is 441. The van der Waals surface area contributed by atoms with E-state index in [2.05, 4.69) is 6.92 Å². The third-order valence-corrected chi connectivity index (χ3v) is 3.95. The molecule has 0 aliphatic carbocycles. The lowest BCUT2D eigenvalue weighted by Gasteiger charge is -2.39. The fourth-order valence-corrected chi connectivity index (χ4v) is 2.77. The van der Waals surface area contributed by atoms with Gasteiger partial charge in [-0.15, -0.1) is 0 Å². The molecule has 0 spiro atoms. The van der Waals surface area contributed by atoms with Gasteiger partial charge < -0.3 is 14.4 Å². The van der Waals surface area contributed by atoms with Gasteiger partial charge in [0, 0.05) is 19.0 Å². The van der Waals surface area contributed by atoms with Crippen molar-refractivity contribution in [3.05, 3.63) is 0 Å². The van der Waals surface area contributed by atoms with Crippen LogP contribution >= 0.6 is 0 Å². The summed E-state index contributed by atoms with van der Waals surface area (Å²) in [5.41, 5.74) is -0.589. The van der Waals surface area contributed by atoms with E-state index >= 15 is 0 Å². The summed E-state index contributed by atoms with van der Waals surface area (Å²) in [6, 6.07) is -0.305. The largest absolute Gasteiger partial charge is 0.460 e. The lowest BCUT2D eigenvalue weighted by Crippen LogP contribution is -2.49. The average molecular weight is 327 g/mol. The quantitative estimate of drug-likeness (QED) is 0.573. The van der Waals surface area contributed by atoms with Gasteiger partial charge in [0.25, 0.3) is 0 Å². The minimum Gasteiger partial charge on any atom is -0.460 e. The van der Waals surface area contributed by atoms with E-state index in [9.17, 15) is 14.4 Å². The summed E-state index contributed by atoms with van der Waals surface area (Å²) in [7, 11) is 0. The van der Waals surface area contributed by atoms with Crippen LogP contribution in [0.4, 0.5) is 4.79 Å². The van der Waals surface area contributed by atoms with Crippen LogP contribution in [0.2, 0.25) is 0 Å². The van der Waals surface area contributed by atoms with Crippen molar-refractivity contribution in [2.75, 3.05) is 13.2 Å². The zero-order valence-corrected chi connectivity index (χ0v) is 14.9. The first-order chi connectivity index (χ1) is 10.7. The monoisotopic (exact) mass is 327 g/mol. The number of nitrogens with zero attached hydrogens (tertiary/aromatic N) is 1. The number of hydrogen-bond acceptors (Lipinski definition) is 5. The van der Waals surface area contributed by atoms with Gasteiger partial charge in [0.15, 0.2) is 0 Å². The zero-order chi connectivity index (χ0) is 17.6. The molecule has 2 atom stereocenters. The molecule has 1 aliphatic heterocycles. The summed E-state index contributed by atoms with van der Waals surface area (Å²) < 4.78 is 10.2. The summed E-state index contributed by atoms with van der Waals surface area (Å²) in [5, 5.41) is 0.